The first-order valence-electron chi connectivity index (χ1n) is 4.64. The van der Waals surface area contributed by atoms with Crippen LogP contribution in [0.5, 0.6) is 0 Å². The number of carbonyl (C=O) groups excluding carboxylic acids is 1. The highest BCUT2D eigenvalue weighted by Gasteiger charge is 2.16. The zero-order valence-corrected chi connectivity index (χ0v) is 8.93. The van der Waals surface area contributed by atoms with Crippen molar-refractivity contribution in [3.05, 3.63) is 30.2 Å². The molecule has 0 unspecified atom stereocenters. The van der Waals surface area contributed by atoms with Gasteiger partial charge in [0.1, 0.15) is 5.69 Å². The minimum atomic E-state index is -0.323. The Morgan fingerprint density at radius 2 is 2.44 bits per heavy atom. The number of aromatic nitrogens is 2. The van der Waals surface area contributed by atoms with E-state index in [9.17, 15) is 4.79 Å². The number of hydroxylamine groups is 2. The summed E-state index contributed by atoms with van der Waals surface area (Å²) >= 11 is 0. The van der Waals surface area contributed by atoms with Crippen molar-refractivity contribution in [3.63, 3.8) is 0 Å². The van der Waals surface area contributed by atoms with Crippen LogP contribution in [0.3, 0.4) is 0 Å². The molecule has 0 saturated carbocycles. The highest BCUT2D eigenvalue weighted by atomic mass is 16.7. The fraction of sp³-hybridized carbons (Fsp3) is 0.200. The number of furan rings is 1. The van der Waals surface area contributed by atoms with Gasteiger partial charge < -0.3 is 4.42 Å². The molecular weight excluding hydrogens is 210 g/mol. The molecular formula is C10H11N3O3. The predicted octanol–water partition coefficient (Wildman–Crippen LogP) is 1.30. The smallest absolute Gasteiger partial charge is 0.297 e. The lowest BCUT2D eigenvalue weighted by atomic mass is 10.3. The van der Waals surface area contributed by atoms with E-state index in [-0.39, 0.29) is 11.6 Å². The first kappa shape index (κ1) is 10.4. The van der Waals surface area contributed by atoms with E-state index in [0.717, 1.165) is 5.06 Å². The van der Waals surface area contributed by atoms with Crippen molar-refractivity contribution < 1.29 is 14.0 Å². The summed E-state index contributed by atoms with van der Waals surface area (Å²) in [5, 5.41) is 7.71. The second-order valence-electron chi connectivity index (χ2n) is 3.13. The van der Waals surface area contributed by atoms with Crippen LogP contribution < -0.4 is 0 Å². The number of amides is 1. The average molecular weight is 221 g/mol. The van der Waals surface area contributed by atoms with E-state index in [0.29, 0.717) is 11.5 Å². The van der Waals surface area contributed by atoms with E-state index in [4.69, 9.17) is 9.25 Å². The van der Waals surface area contributed by atoms with Crippen molar-refractivity contribution in [1.29, 1.82) is 0 Å². The number of nitrogens with zero attached hydrogens (tertiary/aromatic N) is 2. The van der Waals surface area contributed by atoms with Crippen LogP contribution in [0.1, 0.15) is 10.5 Å². The summed E-state index contributed by atoms with van der Waals surface area (Å²) in [7, 11) is 2.93. The van der Waals surface area contributed by atoms with Crippen molar-refractivity contribution in [2.45, 2.75) is 0 Å². The van der Waals surface area contributed by atoms with Crippen molar-refractivity contribution in [1.82, 2.24) is 15.3 Å². The monoisotopic (exact) mass is 221 g/mol. The minimum absolute atomic E-state index is 0.274. The minimum Gasteiger partial charge on any atom is -0.463 e. The lowest BCUT2D eigenvalue weighted by Crippen LogP contribution is -2.25. The van der Waals surface area contributed by atoms with Gasteiger partial charge in [0, 0.05) is 13.1 Å². The standard InChI is InChI=1S/C10H11N3O3/c1-13(15-2)10(14)8-6-7(11-12-8)9-4-3-5-16-9/h3-6H,1-2H3,(H,11,12). The molecule has 2 aromatic heterocycles. The van der Waals surface area contributed by atoms with Gasteiger partial charge in [-0.25, -0.2) is 5.06 Å². The molecule has 16 heavy (non-hydrogen) atoms. The Morgan fingerprint density at radius 1 is 1.62 bits per heavy atom. The van der Waals surface area contributed by atoms with Crippen molar-refractivity contribution in [2.24, 2.45) is 0 Å². The summed E-state index contributed by atoms with van der Waals surface area (Å²) in [4.78, 5) is 16.4. The molecule has 0 fully saturated rings. The van der Waals surface area contributed by atoms with E-state index in [1.165, 1.54) is 14.2 Å². The van der Waals surface area contributed by atoms with Crippen LogP contribution in [-0.4, -0.2) is 35.3 Å². The molecule has 0 aromatic carbocycles. The Bertz CT molecular complexity index is 475. The fourth-order valence-corrected chi connectivity index (χ4v) is 1.23. The van der Waals surface area contributed by atoms with E-state index in [2.05, 4.69) is 10.2 Å². The van der Waals surface area contributed by atoms with Gasteiger partial charge >= 0.3 is 0 Å². The van der Waals surface area contributed by atoms with Crippen LogP contribution in [0.2, 0.25) is 0 Å². The van der Waals surface area contributed by atoms with Gasteiger partial charge in [-0.2, -0.15) is 5.10 Å². The SMILES string of the molecule is CON(C)C(=O)c1cc(-c2ccco2)[nH]n1. The summed E-state index contributed by atoms with van der Waals surface area (Å²) < 4.78 is 5.17. The summed E-state index contributed by atoms with van der Waals surface area (Å²) in [6, 6.07) is 5.15. The summed E-state index contributed by atoms with van der Waals surface area (Å²) in [6.45, 7) is 0. The second-order valence-corrected chi connectivity index (χ2v) is 3.13. The van der Waals surface area contributed by atoms with Crippen LogP contribution in [0.25, 0.3) is 11.5 Å². The van der Waals surface area contributed by atoms with Gasteiger partial charge in [0.15, 0.2) is 11.5 Å². The molecule has 2 aromatic rings. The largest absolute Gasteiger partial charge is 0.463 e. The van der Waals surface area contributed by atoms with Gasteiger partial charge in [-0.15, -0.1) is 0 Å². The van der Waals surface area contributed by atoms with Gasteiger partial charge in [0.2, 0.25) is 0 Å². The van der Waals surface area contributed by atoms with E-state index in [1.807, 2.05) is 0 Å². The fourth-order valence-electron chi connectivity index (χ4n) is 1.23. The van der Waals surface area contributed by atoms with Gasteiger partial charge in [-0.3, -0.25) is 14.7 Å². The molecule has 0 atom stereocenters. The maximum Gasteiger partial charge on any atom is 0.297 e. The molecule has 84 valence electrons. The van der Waals surface area contributed by atoms with Crippen molar-refractivity contribution >= 4 is 5.91 Å². The van der Waals surface area contributed by atoms with E-state index < -0.39 is 0 Å². The molecule has 6 nitrogen and oxygen atoms in total. The van der Waals surface area contributed by atoms with Crippen LogP contribution in [-0.2, 0) is 4.84 Å². The molecule has 0 saturated heterocycles. The second kappa shape index (κ2) is 4.19. The molecule has 2 rings (SSSR count). The van der Waals surface area contributed by atoms with Gasteiger partial charge in [-0.05, 0) is 12.1 Å². The van der Waals surface area contributed by atoms with Crippen LogP contribution in [0, 0.1) is 0 Å². The third-order valence-corrected chi connectivity index (χ3v) is 2.14. The number of carbonyl (C=O) groups is 1. The molecule has 6 heteroatoms. The molecule has 0 spiro atoms. The molecule has 0 aliphatic carbocycles. The summed E-state index contributed by atoms with van der Waals surface area (Å²) in [5.41, 5.74) is 0.925. The lowest BCUT2D eigenvalue weighted by Gasteiger charge is -2.10. The molecule has 0 aliphatic heterocycles. The molecule has 2 heterocycles. The molecule has 0 radical (unpaired) electrons. The first-order chi connectivity index (χ1) is 7.72. The molecule has 0 bridgehead atoms. The number of aromatic amines is 1. The van der Waals surface area contributed by atoms with Crippen molar-refractivity contribution in [3.8, 4) is 11.5 Å². The van der Waals surface area contributed by atoms with E-state index >= 15 is 0 Å². The molecule has 1 amide bonds. The maximum atomic E-state index is 11.6. The Balaban J connectivity index is 2.23. The van der Waals surface area contributed by atoms with Gasteiger partial charge in [0.25, 0.3) is 5.91 Å². The number of hydrogen-bond acceptors (Lipinski definition) is 4. The normalized spacial score (nSPS) is 10.4. The average Bonchev–Trinajstić information content (AvgIpc) is 2.96. The third kappa shape index (κ3) is 1.82. The number of hydrogen-bond donors (Lipinski definition) is 1. The molecule has 0 aliphatic rings. The number of rotatable bonds is 3. The van der Waals surface area contributed by atoms with E-state index in [1.54, 1.807) is 24.5 Å². The van der Waals surface area contributed by atoms with Crippen LogP contribution in [0.15, 0.2) is 28.9 Å². The van der Waals surface area contributed by atoms with Crippen LogP contribution in [0.4, 0.5) is 0 Å². The van der Waals surface area contributed by atoms with Gasteiger partial charge in [-0.1, -0.05) is 0 Å². The Hall–Kier alpha value is -2.08. The van der Waals surface area contributed by atoms with Crippen LogP contribution >= 0.6 is 0 Å². The number of nitrogens with one attached hydrogen (secondary N) is 1. The summed E-state index contributed by atoms with van der Waals surface area (Å²) in [6.07, 6.45) is 1.55. The highest BCUT2D eigenvalue weighted by molar-refractivity contribution is 5.92. The lowest BCUT2D eigenvalue weighted by molar-refractivity contribution is -0.0760. The Kier molecular flexibility index (Phi) is 2.74. The summed E-state index contributed by atoms with van der Waals surface area (Å²) in [5.74, 6) is 0.308. The van der Waals surface area contributed by atoms with Crippen molar-refractivity contribution in [2.75, 3.05) is 14.2 Å². The zero-order chi connectivity index (χ0) is 11.5. The zero-order valence-electron chi connectivity index (χ0n) is 8.93. The van der Waals surface area contributed by atoms with Gasteiger partial charge in [0.05, 0.1) is 13.4 Å². The quantitative estimate of drug-likeness (QED) is 0.793. The topological polar surface area (TPSA) is 71.4 Å². The molecule has 1 N–H and O–H groups in total. The maximum absolute atomic E-state index is 11.6. The highest BCUT2D eigenvalue weighted by Crippen LogP contribution is 2.18. The third-order valence-electron chi connectivity index (χ3n) is 2.14. The number of H-pyrrole nitrogens is 1. The predicted molar refractivity (Wildman–Crippen MR) is 55.4 cm³/mol. The Morgan fingerprint density at radius 3 is 3.06 bits per heavy atom. The first-order valence-corrected chi connectivity index (χ1v) is 4.64. The Labute approximate surface area is 91.8 Å².